The Morgan fingerprint density at radius 2 is 1.39 bits per heavy atom. The molecule has 0 saturated carbocycles. The molecule has 0 N–H and O–H groups in total. The molecule has 4 aromatic rings. The summed E-state index contributed by atoms with van der Waals surface area (Å²) < 4.78 is 12.5. The van der Waals surface area contributed by atoms with Crippen LogP contribution in [0.25, 0.3) is 0 Å². The van der Waals surface area contributed by atoms with Gasteiger partial charge in [-0.3, -0.25) is 9.59 Å². The Bertz CT molecular complexity index is 1430. The van der Waals surface area contributed by atoms with Gasteiger partial charge in [0.25, 0.3) is 5.91 Å². The zero-order valence-electron chi connectivity index (χ0n) is 21.7. The molecule has 1 amide bonds. The molecule has 0 spiro atoms. The molecule has 0 unspecified atom stereocenters. The summed E-state index contributed by atoms with van der Waals surface area (Å²) in [7, 11) is 0. The van der Waals surface area contributed by atoms with Crippen LogP contribution in [0.15, 0.2) is 91.0 Å². The van der Waals surface area contributed by atoms with Crippen LogP contribution in [0.1, 0.15) is 68.3 Å². The fourth-order valence-corrected chi connectivity index (χ4v) is 4.71. The van der Waals surface area contributed by atoms with E-state index in [2.05, 4.69) is 13.8 Å². The van der Waals surface area contributed by atoms with Crippen molar-refractivity contribution in [2.75, 3.05) is 0 Å². The lowest BCUT2D eigenvalue weighted by atomic mass is 9.98. The quantitative estimate of drug-likeness (QED) is 0.231. The molecule has 0 saturated heterocycles. The Morgan fingerprint density at radius 1 is 0.789 bits per heavy atom. The van der Waals surface area contributed by atoms with Crippen molar-refractivity contribution in [1.29, 1.82) is 0 Å². The molecule has 0 fully saturated rings. The number of hydrogen-bond donors (Lipinski definition) is 0. The standard InChI is InChI=1S/C33H31NO4/c1-23(2)29-16-30(33(36)34-18-27-14-13-26(20-35)15-28(27)19-34)32(38-22-25-11-7-4-8-12-25)17-31(29)37-21-24-9-5-3-6-10-24/h3-17,20,23H,18-19,21-22H2,1-2H3. The van der Waals surface area contributed by atoms with Crippen LogP contribution in [0, 0.1) is 0 Å². The maximum Gasteiger partial charge on any atom is 0.258 e. The van der Waals surface area contributed by atoms with Crippen molar-refractivity contribution in [3.63, 3.8) is 0 Å². The van der Waals surface area contributed by atoms with E-state index in [1.165, 1.54) is 0 Å². The molecule has 0 radical (unpaired) electrons. The van der Waals surface area contributed by atoms with E-state index in [-0.39, 0.29) is 11.8 Å². The first-order valence-corrected chi connectivity index (χ1v) is 12.9. The minimum Gasteiger partial charge on any atom is -0.488 e. The van der Waals surface area contributed by atoms with Crippen LogP contribution in [0.3, 0.4) is 0 Å². The van der Waals surface area contributed by atoms with Gasteiger partial charge in [-0.15, -0.1) is 0 Å². The molecule has 5 nitrogen and oxygen atoms in total. The lowest BCUT2D eigenvalue weighted by Gasteiger charge is -2.22. The number of hydrogen-bond acceptors (Lipinski definition) is 4. The molecule has 4 aromatic carbocycles. The van der Waals surface area contributed by atoms with Crippen molar-refractivity contribution in [3.05, 3.63) is 130 Å². The third-order valence-electron chi connectivity index (χ3n) is 6.81. The van der Waals surface area contributed by atoms with Crippen molar-refractivity contribution in [1.82, 2.24) is 4.90 Å². The molecule has 0 aliphatic carbocycles. The van der Waals surface area contributed by atoms with Gasteiger partial charge in [-0.2, -0.15) is 0 Å². The van der Waals surface area contributed by atoms with E-state index in [9.17, 15) is 9.59 Å². The van der Waals surface area contributed by atoms with Gasteiger partial charge in [0.2, 0.25) is 0 Å². The zero-order chi connectivity index (χ0) is 26.5. The second-order valence-corrected chi connectivity index (χ2v) is 9.90. The van der Waals surface area contributed by atoms with Gasteiger partial charge in [0.1, 0.15) is 31.0 Å². The molecular weight excluding hydrogens is 474 g/mol. The van der Waals surface area contributed by atoms with Crippen LogP contribution in [0.2, 0.25) is 0 Å². The molecule has 1 aliphatic rings. The molecule has 0 bridgehead atoms. The fourth-order valence-electron chi connectivity index (χ4n) is 4.71. The minimum atomic E-state index is -0.103. The zero-order valence-corrected chi connectivity index (χ0v) is 21.7. The predicted molar refractivity (Wildman–Crippen MR) is 147 cm³/mol. The summed E-state index contributed by atoms with van der Waals surface area (Å²) in [6.07, 6.45) is 0.837. The van der Waals surface area contributed by atoms with Crippen LogP contribution in [-0.2, 0) is 26.3 Å². The van der Waals surface area contributed by atoms with Crippen molar-refractivity contribution in [3.8, 4) is 11.5 Å². The van der Waals surface area contributed by atoms with Crippen molar-refractivity contribution < 1.29 is 19.1 Å². The smallest absolute Gasteiger partial charge is 0.258 e. The van der Waals surface area contributed by atoms with Crippen LogP contribution < -0.4 is 9.47 Å². The normalized spacial score (nSPS) is 12.3. The van der Waals surface area contributed by atoms with E-state index in [0.717, 1.165) is 34.1 Å². The maximum absolute atomic E-state index is 13.9. The second kappa shape index (κ2) is 11.3. The highest BCUT2D eigenvalue weighted by Crippen LogP contribution is 2.37. The number of carbonyl (C=O) groups is 2. The number of benzene rings is 4. The summed E-state index contributed by atoms with van der Waals surface area (Å²) in [6.45, 7) is 5.90. The number of carbonyl (C=O) groups excluding carboxylic acids is 2. The number of nitrogens with zero attached hydrogens (tertiary/aromatic N) is 1. The number of fused-ring (bicyclic) bond motifs is 1. The Hall–Kier alpha value is -4.38. The Morgan fingerprint density at radius 3 is 2.00 bits per heavy atom. The molecule has 0 atom stereocenters. The van der Waals surface area contributed by atoms with E-state index in [1.54, 1.807) is 11.0 Å². The number of aldehydes is 1. The van der Waals surface area contributed by atoms with E-state index >= 15 is 0 Å². The molecule has 192 valence electrons. The second-order valence-electron chi connectivity index (χ2n) is 9.90. The fraction of sp³-hybridized carbons (Fsp3) is 0.212. The Balaban J connectivity index is 1.47. The van der Waals surface area contributed by atoms with Gasteiger partial charge < -0.3 is 14.4 Å². The van der Waals surface area contributed by atoms with Crippen LogP contribution in [0.5, 0.6) is 11.5 Å². The summed E-state index contributed by atoms with van der Waals surface area (Å²) in [6, 6.07) is 29.3. The minimum absolute atomic E-state index is 0.103. The largest absolute Gasteiger partial charge is 0.488 e. The van der Waals surface area contributed by atoms with Crippen LogP contribution in [0.4, 0.5) is 0 Å². The van der Waals surface area contributed by atoms with Gasteiger partial charge in [0.05, 0.1) is 5.56 Å². The molecular formula is C33H31NO4. The third-order valence-corrected chi connectivity index (χ3v) is 6.81. The summed E-state index contributed by atoms with van der Waals surface area (Å²) in [4.78, 5) is 27.0. The number of amides is 1. The van der Waals surface area contributed by atoms with Crippen LogP contribution >= 0.6 is 0 Å². The van der Waals surface area contributed by atoms with E-state index in [1.807, 2.05) is 84.9 Å². The van der Waals surface area contributed by atoms with Gasteiger partial charge >= 0.3 is 0 Å². The summed E-state index contributed by atoms with van der Waals surface area (Å²) in [5, 5.41) is 0. The van der Waals surface area contributed by atoms with E-state index < -0.39 is 0 Å². The highest BCUT2D eigenvalue weighted by molar-refractivity contribution is 5.98. The van der Waals surface area contributed by atoms with Crippen molar-refractivity contribution in [2.45, 2.75) is 46.1 Å². The molecule has 5 heteroatoms. The molecule has 38 heavy (non-hydrogen) atoms. The Kier molecular flexibility index (Phi) is 7.55. The maximum atomic E-state index is 13.9. The number of ether oxygens (including phenoxy) is 2. The van der Waals surface area contributed by atoms with Crippen molar-refractivity contribution >= 4 is 12.2 Å². The Labute approximate surface area is 223 Å². The summed E-state index contributed by atoms with van der Waals surface area (Å²) in [5.41, 5.74) is 6.23. The summed E-state index contributed by atoms with van der Waals surface area (Å²) in [5.74, 6) is 1.24. The summed E-state index contributed by atoms with van der Waals surface area (Å²) >= 11 is 0. The lowest BCUT2D eigenvalue weighted by Crippen LogP contribution is -2.26. The first-order valence-electron chi connectivity index (χ1n) is 12.9. The van der Waals surface area contributed by atoms with Gasteiger partial charge in [-0.25, -0.2) is 0 Å². The van der Waals surface area contributed by atoms with Gasteiger partial charge in [-0.05, 0) is 45.9 Å². The monoisotopic (exact) mass is 505 g/mol. The predicted octanol–water partition coefficient (Wildman–Crippen LogP) is 6.94. The lowest BCUT2D eigenvalue weighted by molar-refractivity contribution is 0.0746. The highest BCUT2D eigenvalue weighted by Gasteiger charge is 2.28. The first kappa shape index (κ1) is 25.3. The topological polar surface area (TPSA) is 55.8 Å². The average molecular weight is 506 g/mol. The first-order chi connectivity index (χ1) is 18.5. The van der Waals surface area contributed by atoms with Gasteiger partial charge in [0.15, 0.2) is 0 Å². The van der Waals surface area contributed by atoms with Gasteiger partial charge in [-0.1, -0.05) is 86.6 Å². The molecule has 1 aliphatic heterocycles. The highest BCUT2D eigenvalue weighted by atomic mass is 16.5. The van der Waals surface area contributed by atoms with Crippen molar-refractivity contribution in [2.24, 2.45) is 0 Å². The molecule has 1 heterocycles. The average Bonchev–Trinajstić information content (AvgIpc) is 3.39. The van der Waals surface area contributed by atoms with E-state index in [4.69, 9.17) is 9.47 Å². The number of rotatable bonds is 9. The van der Waals surface area contributed by atoms with Gasteiger partial charge in [0, 0.05) is 24.7 Å². The molecule has 0 aromatic heterocycles. The van der Waals surface area contributed by atoms with Crippen LogP contribution in [-0.4, -0.2) is 17.1 Å². The van der Waals surface area contributed by atoms with E-state index in [0.29, 0.717) is 48.9 Å². The molecule has 5 rings (SSSR count). The SMILES string of the molecule is CC(C)c1cc(C(=O)N2Cc3ccc(C=O)cc3C2)c(OCc2ccccc2)cc1OCc1ccccc1. The third kappa shape index (κ3) is 5.62.